The summed E-state index contributed by atoms with van der Waals surface area (Å²) >= 11 is 0. The van der Waals surface area contributed by atoms with Crippen LogP contribution in [0.4, 0.5) is 0 Å². The average Bonchev–Trinajstić information content (AvgIpc) is 2.76. The van der Waals surface area contributed by atoms with E-state index >= 15 is 0 Å². The summed E-state index contributed by atoms with van der Waals surface area (Å²) in [7, 11) is 0. The maximum atomic E-state index is 9.37. The molecule has 0 aromatic carbocycles. The van der Waals surface area contributed by atoms with Crippen molar-refractivity contribution in [3.05, 3.63) is 0 Å². The quantitative estimate of drug-likeness (QED) is 0.478. The molecule has 11 heavy (non-hydrogen) atoms. The van der Waals surface area contributed by atoms with Crippen molar-refractivity contribution in [3.8, 4) is 0 Å². The maximum absolute atomic E-state index is 9.37. The fourth-order valence-corrected chi connectivity index (χ4v) is 1.56. The Kier molecular flexibility index (Phi) is 1.64. The lowest BCUT2D eigenvalue weighted by atomic mass is 10.0. The molecule has 2 aliphatic heterocycles. The van der Waals surface area contributed by atoms with Crippen LogP contribution >= 0.6 is 0 Å². The highest BCUT2D eigenvalue weighted by atomic mass is 16.7. The van der Waals surface area contributed by atoms with Crippen LogP contribution in [0.3, 0.4) is 0 Å². The van der Waals surface area contributed by atoms with Crippen molar-refractivity contribution in [3.63, 3.8) is 0 Å². The Morgan fingerprint density at radius 1 is 1.27 bits per heavy atom. The third kappa shape index (κ3) is 1.06. The number of aliphatic hydroxyl groups excluding tert-OH is 2. The van der Waals surface area contributed by atoms with Gasteiger partial charge in [0.1, 0.15) is 24.4 Å². The van der Waals surface area contributed by atoms with Gasteiger partial charge in [-0.05, 0) is 6.92 Å². The van der Waals surface area contributed by atoms with E-state index in [1.807, 2.05) is 0 Å². The van der Waals surface area contributed by atoms with E-state index in [1.54, 1.807) is 6.92 Å². The first-order valence-electron chi connectivity index (χ1n) is 3.84. The van der Waals surface area contributed by atoms with Gasteiger partial charge < -0.3 is 19.7 Å². The number of aliphatic hydroxyl groups is 2. The van der Waals surface area contributed by atoms with E-state index in [1.165, 1.54) is 0 Å². The number of ether oxygens (including phenoxy) is 2. The maximum Gasteiger partial charge on any atom is 0.115 e. The zero-order valence-electron chi connectivity index (χ0n) is 6.30. The first-order valence-corrected chi connectivity index (χ1v) is 3.84. The molecular formula is C7H12O4. The summed E-state index contributed by atoms with van der Waals surface area (Å²) in [6.45, 7) is 1.75. The highest BCUT2D eigenvalue weighted by molar-refractivity contribution is 5.01. The summed E-state index contributed by atoms with van der Waals surface area (Å²) in [5, 5.41) is 18.2. The topological polar surface area (TPSA) is 62.2 Å². The highest BCUT2D eigenvalue weighted by Gasteiger charge is 2.55. The number of epoxide rings is 1. The van der Waals surface area contributed by atoms with Crippen LogP contribution in [0.2, 0.25) is 0 Å². The molecule has 64 valence electrons. The Labute approximate surface area is 64.7 Å². The lowest BCUT2D eigenvalue weighted by Gasteiger charge is -2.27. The smallest absolute Gasteiger partial charge is 0.115 e. The molecule has 2 fully saturated rings. The van der Waals surface area contributed by atoms with E-state index in [0.29, 0.717) is 0 Å². The van der Waals surface area contributed by atoms with E-state index in [0.717, 1.165) is 0 Å². The third-order valence-corrected chi connectivity index (χ3v) is 2.31. The van der Waals surface area contributed by atoms with Crippen molar-refractivity contribution in [2.45, 2.75) is 37.4 Å². The van der Waals surface area contributed by atoms with Crippen LogP contribution in [0, 0.1) is 0 Å². The Morgan fingerprint density at radius 2 is 2.00 bits per heavy atom. The van der Waals surface area contributed by atoms with Crippen molar-refractivity contribution in [2.24, 2.45) is 0 Å². The molecule has 0 amide bonds. The molecule has 2 aliphatic rings. The van der Waals surface area contributed by atoms with Crippen LogP contribution in [0.5, 0.6) is 0 Å². The van der Waals surface area contributed by atoms with Crippen LogP contribution in [0.25, 0.3) is 0 Å². The van der Waals surface area contributed by atoms with Crippen LogP contribution in [0.1, 0.15) is 6.92 Å². The van der Waals surface area contributed by atoms with Crippen LogP contribution in [-0.2, 0) is 9.47 Å². The van der Waals surface area contributed by atoms with Gasteiger partial charge in [0.05, 0.1) is 12.7 Å². The van der Waals surface area contributed by atoms with Crippen molar-refractivity contribution in [2.75, 3.05) is 6.61 Å². The summed E-state index contributed by atoms with van der Waals surface area (Å²) in [4.78, 5) is 0. The van der Waals surface area contributed by atoms with Gasteiger partial charge in [-0.15, -0.1) is 0 Å². The summed E-state index contributed by atoms with van der Waals surface area (Å²) < 4.78 is 10.4. The van der Waals surface area contributed by atoms with E-state index in [2.05, 4.69) is 0 Å². The Bertz CT molecular complexity index is 157. The summed E-state index contributed by atoms with van der Waals surface area (Å²) in [6.07, 6.45) is -1.17. The first-order chi connectivity index (χ1) is 5.24. The van der Waals surface area contributed by atoms with Crippen LogP contribution in [-0.4, -0.2) is 47.3 Å². The van der Waals surface area contributed by atoms with Gasteiger partial charge in [0.25, 0.3) is 0 Å². The molecule has 0 aliphatic carbocycles. The number of hydrogen-bond donors (Lipinski definition) is 2. The Balaban J connectivity index is 2.02. The van der Waals surface area contributed by atoms with E-state index < -0.39 is 6.10 Å². The predicted molar refractivity (Wildman–Crippen MR) is 36.1 cm³/mol. The van der Waals surface area contributed by atoms with E-state index in [9.17, 15) is 5.11 Å². The second-order valence-electron chi connectivity index (χ2n) is 3.12. The second kappa shape index (κ2) is 2.42. The minimum Gasteiger partial charge on any atom is -0.394 e. The van der Waals surface area contributed by atoms with Gasteiger partial charge in [-0.3, -0.25) is 0 Å². The Morgan fingerprint density at radius 3 is 2.64 bits per heavy atom. The number of fused-ring (bicyclic) bond motifs is 1. The van der Waals surface area contributed by atoms with Gasteiger partial charge in [0.2, 0.25) is 0 Å². The molecule has 0 spiro atoms. The van der Waals surface area contributed by atoms with Gasteiger partial charge >= 0.3 is 0 Å². The molecule has 0 radical (unpaired) electrons. The molecule has 4 heteroatoms. The van der Waals surface area contributed by atoms with Crippen molar-refractivity contribution in [1.82, 2.24) is 0 Å². The summed E-state index contributed by atoms with van der Waals surface area (Å²) in [5.41, 5.74) is 0. The summed E-state index contributed by atoms with van der Waals surface area (Å²) in [6, 6.07) is 0. The fourth-order valence-electron chi connectivity index (χ4n) is 1.56. The average molecular weight is 160 g/mol. The van der Waals surface area contributed by atoms with E-state index in [4.69, 9.17) is 14.6 Å². The van der Waals surface area contributed by atoms with Gasteiger partial charge in [-0.1, -0.05) is 0 Å². The van der Waals surface area contributed by atoms with Gasteiger partial charge in [-0.25, -0.2) is 0 Å². The second-order valence-corrected chi connectivity index (χ2v) is 3.12. The van der Waals surface area contributed by atoms with E-state index in [-0.39, 0.29) is 31.0 Å². The zero-order valence-corrected chi connectivity index (χ0v) is 6.30. The molecule has 2 rings (SSSR count). The SMILES string of the molecule is C[C@@H]1OC(CO)C2OC2C1O. The van der Waals surface area contributed by atoms with Crippen LogP contribution < -0.4 is 0 Å². The molecule has 0 saturated carbocycles. The molecule has 4 unspecified atom stereocenters. The van der Waals surface area contributed by atoms with Crippen molar-refractivity contribution < 1.29 is 19.7 Å². The lowest BCUT2D eigenvalue weighted by Crippen LogP contribution is -2.44. The molecule has 5 atom stereocenters. The molecule has 0 aromatic heterocycles. The molecular weight excluding hydrogens is 148 g/mol. The van der Waals surface area contributed by atoms with Gasteiger partial charge in [0.15, 0.2) is 0 Å². The van der Waals surface area contributed by atoms with Crippen molar-refractivity contribution in [1.29, 1.82) is 0 Å². The van der Waals surface area contributed by atoms with Crippen molar-refractivity contribution >= 4 is 0 Å². The molecule has 2 heterocycles. The number of rotatable bonds is 1. The van der Waals surface area contributed by atoms with Gasteiger partial charge in [0, 0.05) is 0 Å². The lowest BCUT2D eigenvalue weighted by molar-refractivity contribution is -0.105. The fraction of sp³-hybridized carbons (Fsp3) is 1.00. The Hall–Kier alpha value is -0.160. The summed E-state index contributed by atoms with van der Waals surface area (Å²) in [5.74, 6) is 0. The number of hydrogen-bond acceptors (Lipinski definition) is 4. The standard InChI is InChI=1S/C7H12O4/c1-3-5(9)7-6(11-7)4(2-8)10-3/h3-9H,2H2,1H3/t3-,4?,5?,6?,7?/m0/s1. The minimum absolute atomic E-state index is 0.0295. The minimum atomic E-state index is -0.525. The molecule has 0 bridgehead atoms. The molecule has 4 nitrogen and oxygen atoms in total. The molecule has 0 aromatic rings. The normalized spacial score (nSPS) is 55.4. The molecule has 2 saturated heterocycles. The molecule has 2 N–H and O–H groups in total. The highest BCUT2D eigenvalue weighted by Crippen LogP contribution is 2.36. The van der Waals surface area contributed by atoms with Crippen LogP contribution in [0.15, 0.2) is 0 Å². The first kappa shape index (κ1) is 7.49. The predicted octanol–water partition coefficient (Wildman–Crippen LogP) is -1.11. The third-order valence-electron chi connectivity index (χ3n) is 2.31. The monoisotopic (exact) mass is 160 g/mol. The zero-order chi connectivity index (χ0) is 8.01. The largest absolute Gasteiger partial charge is 0.394 e. The van der Waals surface area contributed by atoms with Gasteiger partial charge in [-0.2, -0.15) is 0 Å².